The van der Waals surface area contributed by atoms with Crippen molar-refractivity contribution in [3.63, 3.8) is 0 Å². The number of hydrogen-bond acceptors (Lipinski definition) is 3. The molecule has 29 heavy (non-hydrogen) atoms. The molecule has 0 spiro atoms. The number of halogens is 3. The van der Waals surface area contributed by atoms with Crippen LogP contribution in [0.3, 0.4) is 0 Å². The molecule has 2 aromatic carbocycles. The minimum atomic E-state index is -1.31. The third kappa shape index (κ3) is 4.86. The number of hydrogen-bond donors (Lipinski definition) is 1. The summed E-state index contributed by atoms with van der Waals surface area (Å²) in [6.07, 6.45) is -0.565. The number of amides is 2. The van der Waals surface area contributed by atoms with E-state index in [0.717, 1.165) is 0 Å². The molecule has 0 bridgehead atoms. The fraction of sp³-hybridized carbons (Fsp3) is 0.300. The van der Waals surface area contributed by atoms with Crippen LogP contribution < -0.4 is 10.1 Å². The highest BCUT2D eigenvalue weighted by atomic mass is 19.2. The van der Waals surface area contributed by atoms with Gasteiger partial charge in [-0.2, -0.15) is 0 Å². The van der Waals surface area contributed by atoms with Crippen LogP contribution in [0, 0.1) is 17.5 Å². The Bertz CT molecular complexity index is 952. The number of rotatable bonds is 5. The van der Waals surface area contributed by atoms with Crippen LogP contribution in [0.5, 0.6) is 5.75 Å². The molecule has 2 amide bonds. The van der Waals surface area contributed by atoms with Crippen molar-refractivity contribution in [3.05, 3.63) is 64.6 Å². The van der Waals surface area contributed by atoms with Gasteiger partial charge in [0.05, 0.1) is 7.11 Å². The molecule has 2 aromatic rings. The van der Waals surface area contributed by atoms with E-state index in [0.29, 0.717) is 29.1 Å². The molecule has 1 aliphatic rings. The summed E-state index contributed by atoms with van der Waals surface area (Å²) in [7, 11) is 1.50. The van der Waals surface area contributed by atoms with Gasteiger partial charge in [-0.25, -0.2) is 13.2 Å². The van der Waals surface area contributed by atoms with Crippen molar-refractivity contribution in [2.75, 3.05) is 19.0 Å². The summed E-state index contributed by atoms with van der Waals surface area (Å²) < 4.78 is 45.3. The van der Waals surface area contributed by atoms with E-state index in [1.165, 1.54) is 12.0 Å². The molecule has 1 aliphatic heterocycles. The highest BCUT2D eigenvalue weighted by molar-refractivity contribution is 5.96. The zero-order valence-corrected chi connectivity index (χ0v) is 15.6. The number of ether oxygens (including phenoxy) is 1. The van der Waals surface area contributed by atoms with Crippen molar-refractivity contribution in [3.8, 4) is 5.75 Å². The lowest BCUT2D eigenvalue weighted by atomic mass is 10.0. The molecule has 1 atom stereocenters. The lowest BCUT2D eigenvalue weighted by molar-refractivity contribution is -0.135. The third-order valence-corrected chi connectivity index (χ3v) is 4.61. The van der Waals surface area contributed by atoms with Gasteiger partial charge < -0.3 is 20.7 Å². The van der Waals surface area contributed by atoms with Gasteiger partial charge in [0.25, 0.3) is 0 Å². The first-order valence-electron chi connectivity index (χ1n) is 8.86. The van der Waals surface area contributed by atoms with Crippen molar-refractivity contribution in [2.45, 2.75) is 25.4 Å². The monoisotopic (exact) mass is 406 g/mol. The van der Waals surface area contributed by atoms with Crippen LogP contribution in [0.4, 0.5) is 18.9 Å². The minimum Gasteiger partial charge on any atom is -0.674 e. The molecule has 3 rings (SSSR count). The van der Waals surface area contributed by atoms with Crippen LogP contribution in [0.1, 0.15) is 17.5 Å². The summed E-state index contributed by atoms with van der Waals surface area (Å²) in [5.74, 6) is -3.78. The van der Waals surface area contributed by atoms with Crippen molar-refractivity contribution in [1.82, 2.24) is 4.90 Å². The average Bonchev–Trinajstić information content (AvgIpc) is 2.83. The number of carbonyl (C=O) groups is 2. The van der Waals surface area contributed by atoms with E-state index in [1.807, 2.05) is 0 Å². The van der Waals surface area contributed by atoms with E-state index in [-0.39, 0.29) is 37.4 Å². The van der Waals surface area contributed by atoms with Gasteiger partial charge in [0, 0.05) is 24.7 Å². The Hall–Kier alpha value is -3.07. The van der Waals surface area contributed by atoms with Crippen LogP contribution in [-0.4, -0.2) is 36.4 Å². The summed E-state index contributed by atoms with van der Waals surface area (Å²) in [6.45, 7) is -0.0571. The Kier molecular flexibility index (Phi) is 6.07. The minimum absolute atomic E-state index is 0.135. The smallest absolute Gasteiger partial charge is 0.244 e. The molecule has 0 saturated carbocycles. The largest absolute Gasteiger partial charge is 0.674 e. The topological polar surface area (TPSA) is 82.4 Å². The molecule has 0 saturated heterocycles. The zero-order chi connectivity index (χ0) is 21.1. The van der Waals surface area contributed by atoms with E-state index in [2.05, 4.69) is 5.32 Å². The highest BCUT2D eigenvalue weighted by Crippen LogP contribution is 2.26. The number of nitrogens with zero attached hydrogens (tertiary/aromatic N) is 1. The molecule has 1 heterocycles. The van der Waals surface area contributed by atoms with Crippen LogP contribution in [-0.2, 0) is 22.6 Å². The second kappa shape index (κ2) is 8.52. The van der Waals surface area contributed by atoms with Gasteiger partial charge >= 0.3 is 0 Å². The summed E-state index contributed by atoms with van der Waals surface area (Å²) >= 11 is 0. The summed E-state index contributed by atoms with van der Waals surface area (Å²) in [5.41, 5.74) is 9.11. The molecule has 0 aromatic heterocycles. The first kappa shape index (κ1) is 20.7. The SMILES string of the molecule is COc1ccc2c(c1)CN(C(=O)C[C@H]([NH-])Cc1cc(F)c(F)cc1F)CC(=O)N2. The molecular formula is C20H19F3N3O3-. The predicted octanol–water partition coefficient (Wildman–Crippen LogP) is 3.45. The van der Waals surface area contributed by atoms with Crippen LogP contribution >= 0.6 is 0 Å². The molecule has 154 valence electrons. The van der Waals surface area contributed by atoms with Gasteiger partial charge in [0.2, 0.25) is 11.8 Å². The molecule has 6 nitrogen and oxygen atoms in total. The molecule has 2 N–H and O–H groups in total. The lowest BCUT2D eigenvalue weighted by Gasteiger charge is -2.25. The maximum atomic E-state index is 13.8. The van der Waals surface area contributed by atoms with Crippen molar-refractivity contribution < 1.29 is 27.5 Å². The number of methoxy groups -OCH3 is 1. The number of nitrogens with one attached hydrogen (secondary N) is 2. The second-order valence-electron chi connectivity index (χ2n) is 6.78. The van der Waals surface area contributed by atoms with Gasteiger partial charge in [-0.15, -0.1) is 6.04 Å². The standard InChI is InChI=1S/C20H19F3N3O3/c1-29-14-2-3-18-12(5-14)9-26(10-19(27)25-18)20(28)7-13(24)4-11-6-16(22)17(23)8-15(11)21/h2-3,5-6,8,13,24H,4,7,9-10H2,1H3,(H,25,27)/q-1/t13-/m1/s1. The van der Waals surface area contributed by atoms with Crippen molar-refractivity contribution >= 4 is 17.5 Å². The van der Waals surface area contributed by atoms with Gasteiger partial charge in [-0.05, 0) is 41.8 Å². The first-order valence-corrected chi connectivity index (χ1v) is 8.86. The zero-order valence-electron chi connectivity index (χ0n) is 15.6. The average molecular weight is 406 g/mol. The second-order valence-corrected chi connectivity index (χ2v) is 6.78. The maximum absolute atomic E-state index is 13.8. The highest BCUT2D eigenvalue weighted by Gasteiger charge is 2.24. The Labute approximate surface area is 165 Å². The van der Waals surface area contributed by atoms with E-state index < -0.39 is 29.4 Å². The Morgan fingerprint density at radius 3 is 2.62 bits per heavy atom. The Morgan fingerprint density at radius 1 is 1.17 bits per heavy atom. The van der Waals surface area contributed by atoms with Crippen molar-refractivity contribution in [1.29, 1.82) is 0 Å². The Balaban J connectivity index is 1.70. The third-order valence-electron chi connectivity index (χ3n) is 4.61. The fourth-order valence-electron chi connectivity index (χ4n) is 3.15. The van der Waals surface area contributed by atoms with Crippen molar-refractivity contribution in [2.24, 2.45) is 0 Å². The number of benzene rings is 2. The fourth-order valence-corrected chi connectivity index (χ4v) is 3.15. The molecule has 0 aliphatic carbocycles. The molecular weight excluding hydrogens is 387 g/mol. The van der Waals surface area contributed by atoms with Crippen LogP contribution in [0.25, 0.3) is 5.73 Å². The molecule has 0 radical (unpaired) electrons. The van der Waals surface area contributed by atoms with Gasteiger partial charge in [-0.3, -0.25) is 9.59 Å². The molecule has 0 fully saturated rings. The van der Waals surface area contributed by atoms with Gasteiger partial charge in [0.15, 0.2) is 11.6 Å². The number of carbonyl (C=O) groups excluding carboxylic acids is 2. The Morgan fingerprint density at radius 2 is 1.90 bits per heavy atom. The van der Waals surface area contributed by atoms with E-state index in [1.54, 1.807) is 18.2 Å². The summed E-state index contributed by atoms with van der Waals surface area (Å²) in [4.78, 5) is 26.0. The van der Waals surface area contributed by atoms with Crippen LogP contribution in [0.2, 0.25) is 0 Å². The number of anilines is 1. The lowest BCUT2D eigenvalue weighted by Crippen LogP contribution is -2.36. The normalized spacial score (nSPS) is 14.7. The number of fused-ring (bicyclic) bond motifs is 1. The van der Waals surface area contributed by atoms with Gasteiger partial charge in [0.1, 0.15) is 18.1 Å². The van der Waals surface area contributed by atoms with E-state index >= 15 is 0 Å². The van der Waals surface area contributed by atoms with Gasteiger partial charge in [-0.1, -0.05) is 0 Å². The van der Waals surface area contributed by atoms with Crippen LogP contribution in [0.15, 0.2) is 30.3 Å². The quantitative estimate of drug-likeness (QED) is 0.772. The summed E-state index contributed by atoms with van der Waals surface area (Å²) in [6, 6.07) is 5.10. The molecule has 9 heteroatoms. The molecule has 0 unspecified atom stereocenters. The van der Waals surface area contributed by atoms with E-state index in [4.69, 9.17) is 10.5 Å². The predicted molar refractivity (Wildman–Crippen MR) is 99.8 cm³/mol. The first-order chi connectivity index (χ1) is 13.8. The maximum Gasteiger partial charge on any atom is 0.244 e. The van der Waals surface area contributed by atoms with E-state index in [9.17, 15) is 22.8 Å². The summed E-state index contributed by atoms with van der Waals surface area (Å²) in [5, 5.41) is 2.71.